The molecule has 0 radical (unpaired) electrons. The molecule has 0 amide bonds. The van der Waals surface area contributed by atoms with Crippen LogP contribution in [0.15, 0.2) is 23.1 Å². The molecule has 0 bridgehead atoms. The molecule has 1 aromatic rings. The summed E-state index contributed by atoms with van der Waals surface area (Å²) in [4.78, 5) is 12.6. The number of hydrogen-bond acceptors (Lipinski definition) is 4. The van der Waals surface area contributed by atoms with Gasteiger partial charge in [-0.25, -0.2) is 0 Å². The first-order valence-corrected chi connectivity index (χ1v) is 8.52. The summed E-state index contributed by atoms with van der Waals surface area (Å²) in [6.45, 7) is 2.09. The Morgan fingerprint density at radius 1 is 1.52 bits per heavy atom. The monoisotopic (exact) mass is 327 g/mol. The van der Waals surface area contributed by atoms with Gasteiger partial charge in [0, 0.05) is 21.7 Å². The summed E-state index contributed by atoms with van der Waals surface area (Å²) in [5.74, 6) is 0.837. The van der Waals surface area contributed by atoms with Crippen LogP contribution < -0.4 is 5.32 Å². The molecule has 1 saturated carbocycles. The molecule has 1 aromatic carbocycles. The molecule has 2 rings (SSSR count). The Bertz CT molecular complexity index is 517. The van der Waals surface area contributed by atoms with Crippen molar-refractivity contribution in [1.29, 1.82) is 0 Å². The molecule has 1 N–H and O–H groups in total. The van der Waals surface area contributed by atoms with Crippen molar-refractivity contribution >= 4 is 29.3 Å². The first-order chi connectivity index (χ1) is 9.99. The number of halogens is 1. The largest absolute Gasteiger partial charge is 0.469 e. The average Bonchev–Trinajstić information content (AvgIpc) is 3.24. The summed E-state index contributed by atoms with van der Waals surface area (Å²) in [5.41, 5.74) is 1.25. The number of thioether (sulfide) groups is 1. The fourth-order valence-electron chi connectivity index (χ4n) is 2.27. The molecule has 1 aliphatic rings. The lowest BCUT2D eigenvalue weighted by Crippen LogP contribution is -2.13. The predicted octanol–water partition coefficient (Wildman–Crippen LogP) is 4.06. The average molecular weight is 328 g/mol. The van der Waals surface area contributed by atoms with Crippen molar-refractivity contribution in [3.8, 4) is 0 Å². The van der Waals surface area contributed by atoms with Gasteiger partial charge in [0.1, 0.15) is 0 Å². The van der Waals surface area contributed by atoms with Crippen molar-refractivity contribution in [2.45, 2.75) is 37.1 Å². The smallest absolute Gasteiger partial charge is 0.306 e. The SMILES string of the molecule is CNC(C)c1ccc(SCC2(CC(=O)OC)CC2)cc1Cl. The molecule has 1 fully saturated rings. The Morgan fingerprint density at radius 2 is 2.24 bits per heavy atom. The Balaban J connectivity index is 1.95. The molecular weight excluding hydrogens is 306 g/mol. The fraction of sp³-hybridized carbons (Fsp3) is 0.562. The van der Waals surface area contributed by atoms with Gasteiger partial charge in [0.15, 0.2) is 0 Å². The third-order valence-electron chi connectivity index (χ3n) is 4.12. The Hall–Kier alpha value is -0.710. The number of carbonyl (C=O) groups excluding carboxylic acids is 1. The van der Waals surface area contributed by atoms with Gasteiger partial charge in [0.05, 0.1) is 13.5 Å². The normalized spacial score (nSPS) is 17.3. The molecule has 0 spiro atoms. The molecule has 0 aromatic heterocycles. The minimum atomic E-state index is -0.107. The van der Waals surface area contributed by atoms with Crippen molar-refractivity contribution in [1.82, 2.24) is 5.32 Å². The molecule has 0 saturated heterocycles. The third-order valence-corrected chi connectivity index (χ3v) is 5.79. The molecule has 0 heterocycles. The molecule has 1 atom stereocenters. The molecule has 0 aliphatic heterocycles. The maximum atomic E-state index is 11.4. The summed E-state index contributed by atoms with van der Waals surface area (Å²) < 4.78 is 4.78. The first-order valence-electron chi connectivity index (χ1n) is 7.16. The van der Waals surface area contributed by atoms with Crippen LogP contribution in [0.2, 0.25) is 5.02 Å². The van der Waals surface area contributed by atoms with E-state index in [0.29, 0.717) is 6.42 Å². The van der Waals surface area contributed by atoms with E-state index in [1.165, 1.54) is 7.11 Å². The highest BCUT2D eigenvalue weighted by Gasteiger charge is 2.44. The van der Waals surface area contributed by atoms with Gasteiger partial charge < -0.3 is 10.1 Å². The number of esters is 1. The topological polar surface area (TPSA) is 38.3 Å². The number of rotatable bonds is 7. The Kier molecular flexibility index (Phi) is 5.58. The maximum Gasteiger partial charge on any atom is 0.306 e. The second-order valence-corrected chi connectivity index (χ2v) is 7.19. The van der Waals surface area contributed by atoms with Crippen LogP contribution in [0.3, 0.4) is 0 Å². The van der Waals surface area contributed by atoms with E-state index in [1.807, 2.05) is 13.1 Å². The van der Waals surface area contributed by atoms with E-state index < -0.39 is 0 Å². The zero-order chi connectivity index (χ0) is 15.5. The lowest BCUT2D eigenvalue weighted by Gasteiger charge is -2.15. The number of carbonyl (C=O) groups is 1. The quantitative estimate of drug-likeness (QED) is 0.605. The van der Waals surface area contributed by atoms with E-state index in [9.17, 15) is 4.79 Å². The summed E-state index contributed by atoms with van der Waals surface area (Å²) in [5, 5.41) is 3.98. The van der Waals surface area contributed by atoms with Gasteiger partial charge in [-0.1, -0.05) is 17.7 Å². The van der Waals surface area contributed by atoms with E-state index in [1.54, 1.807) is 11.8 Å². The van der Waals surface area contributed by atoms with Crippen molar-refractivity contribution in [2.24, 2.45) is 5.41 Å². The van der Waals surface area contributed by atoms with Crippen molar-refractivity contribution in [3.05, 3.63) is 28.8 Å². The maximum absolute atomic E-state index is 11.4. The van der Waals surface area contributed by atoms with Crippen molar-refractivity contribution < 1.29 is 9.53 Å². The van der Waals surface area contributed by atoms with Gasteiger partial charge in [-0.2, -0.15) is 0 Å². The third kappa shape index (κ3) is 4.38. The van der Waals surface area contributed by atoms with Crippen LogP contribution in [0.25, 0.3) is 0 Å². The van der Waals surface area contributed by atoms with Crippen LogP contribution in [-0.4, -0.2) is 25.9 Å². The highest BCUT2D eigenvalue weighted by Crippen LogP contribution is 2.52. The summed E-state index contributed by atoms with van der Waals surface area (Å²) in [6.07, 6.45) is 2.74. The lowest BCUT2D eigenvalue weighted by molar-refractivity contribution is -0.141. The van der Waals surface area contributed by atoms with Crippen LogP contribution in [0, 0.1) is 5.41 Å². The van der Waals surface area contributed by atoms with E-state index in [-0.39, 0.29) is 17.4 Å². The van der Waals surface area contributed by atoms with Gasteiger partial charge in [-0.05, 0) is 49.9 Å². The summed E-state index contributed by atoms with van der Waals surface area (Å²) in [7, 11) is 3.38. The van der Waals surface area contributed by atoms with Crippen molar-refractivity contribution in [3.63, 3.8) is 0 Å². The van der Waals surface area contributed by atoms with Crippen LogP contribution in [0.1, 0.15) is 37.8 Å². The standard InChI is InChI=1S/C16H22ClNO2S/c1-11(18-2)13-5-4-12(8-14(13)17)21-10-16(6-7-16)9-15(19)20-3/h4-5,8,11,18H,6-7,9-10H2,1-3H3. The van der Waals surface area contributed by atoms with Gasteiger partial charge in [-0.3, -0.25) is 4.79 Å². The number of methoxy groups -OCH3 is 1. The molecule has 5 heteroatoms. The number of nitrogens with one attached hydrogen (secondary N) is 1. The molecule has 1 aliphatic carbocycles. The predicted molar refractivity (Wildman–Crippen MR) is 88.0 cm³/mol. The van der Waals surface area contributed by atoms with Crippen LogP contribution >= 0.6 is 23.4 Å². The Labute approximate surface area is 135 Å². The summed E-state index contributed by atoms with van der Waals surface area (Å²) >= 11 is 8.12. The molecule has 1 unspecified atom stereocenters. The van der Waals surface area contributed by atoms with Gasteiger partial charge >= 0.3 is 5.97 Å². The van der Waals surface area contributed by atoms with Crippen LogP contribution in [-0.2, 0) is 9.53 Å². The molecular formula is C16H22ClNO2S. The number of hydrogen-bond donors (Lipinski definition) is 1. The molecule has 116 valence electrons. The molecule has 3 nitrogen and oxygen atoms in total. The zero-order valence-corrected chi connectivity index (χ0v) is 14.3. The fourth-order valence-corrected chi connectivity index (χ4v) is 3.91. The highest BCUT2D eigenvalue weighted by atomic mass is 35.5. The van der Waals surface area contributed by atoms with Crippen LogP contribution in [0.4, 0.5) is 0 Å². The summed E-state index contributed by atoms with van der Waals surface area (Å²) in [6, 6.07) is 6.44. The van der Waals surface area contributed by atoms with Crippen molar-refractivity contribution in [2.75, 3.05) is 19.9 Å². The zero-order valence-electron chi connectivity index (χ0n) is 12.7. The highest BCUT2D eigenvalue weighted by molar-refractivity contribution is 7.99. The molecule has 21 heavy (non-hydrogen) atoms. The number of ether oxygens (including phenoxy) is 1. The minimum absolute atomic E-state index is 0.107. The second-order valence-electron chi connectivity index (χ2n) is 5.74. The van der Waals surface area contributed by atoms with Crippen LogP contribution in [0.5, 0.6) is 0 Å². The number of benzene rings is 1. The van der Waals surface area contributed by atoms with E-state index in [4.69, 9.17) is 16.3 Å². The van der Waals surface area contributed by atoms with Gasteiger partial charge in [-0.15, -0.1) is 11.8 Å². The van der Waals surface area contributed by atoms with E-state index >= 15 is 0 Å². The van der Waals surface area contributed by atoms with E-state index in [0.717, 1.165) is 34.1 Å². The second kappa shape index (κ2) is 7.03. The Morgan fingerprint density at radius 3 is 2.76 bits per heavy atom. The minimum Gasteiger partial charge on any atom is -0.469 e. The lowest BCUT2D eigenvalue weighted by atomic mass is 10.1. The van der Waals surface area contributed by atoms with E-state index in [2.05, 4.69) is 24.4 Å². The van der Waals surface area contributed by atoms with Gasteiger partial charge in [0.2, 0.25) is 0 Å². The van der Waals surface area contributed by atoms with Gasteiger partial charge in [0.25, 0.3) is 0 Å². The first kappa shape index (κ1) is 16.7.